The van der Waals surface area contributed by atoms with Crippen LogP contribution in [-0.2, 0) is 11.3 Å². The molecule has 0 radical (unpaired) electrons. The van der Waals surface area contributed by atoms with Gasteiger partial charge in [-0.3, -0.25) is 0 Å². The molecule has 2 amide bonds. The third kappa shape index (κ3) is 5.98. The second kappa shape index (κ2) is 9.62. The van der Waals surface area contributed by atoms with Crippen molar-refractivity contribution in [2.75, 3.05) is 32.8 Å². The van der Waals surface area contributed by atoms with Gasteiger partial charge in [-0.05, 0) is 25.3 Å². The SMILES string of the molecule is O=C(NCc1ccc(OC(F)(F)F)cc1F)N(C1CC1)[C@@H]1C[C@H](CO)CN(C2=NCCO2)C1. The van der Waals surface area contributed by atoms with Gasteiger partial charge >= 0.3 is 12.4 Å². The number of amides is 2. The molecule has 33 heavy (non-hydrogen) atoms. The zero-order valence-electron chi connectivity index (χ0n) is 17.9. The highest BCUT2D eigenvalue weighted by molar-refractivity contribution is 5.77. The van der Waals surface area contributed by atoms with Crippen molar-refractivity contribution in [1.29, 1.82) is 0 Å². The van der Waals surface area contributed by atoms with Crippen LogP contribution >= 0.6 is 0 Å². The van der Waals surface area contributed by atoms with E-state index in [0.29, 0.717) is 44.8 Å². The van der Waals surface area contributed by atoms with E-state index < -0.39 is 17.9 Å². The predicted molar refractivity (Wildman–Crippen MR) is 109 cm³/mol. The van der Waals surface area contributed by atoms with E-state index >= 15 is 0 Å². The Kier molecular flexibility index (Phi) is 6.82. The van der Waals surface area contributed by atoms with Crippen molar-refractivity contribution < 1.29 is 36.9 Å². The number of nitrogens with one attached hydrogen (secondary N) is 1. The van der Waals surface area contributed by atoms with Gasteiger partial charge in [0.15, 0.2) is 0 Å². The van der Waals surface area contributed by atoms with Crippen molar-refractivity contribution in [2.45, 2.75) is 44.3 Å². The van der Waals surface area contributed by atoms with Gasteiger partial charge < -0.3 is 29.7 Å². The second-order valence-electron chi connectivity index (χ2n) is 8.45. The van der Waals surface area contributed by atoms with Crippen molar-refractivity contribution in [1.82, 2.24) is 15.1 Å². The number of rotatable bonds is 6. The van der Waals surface area contributed by atoms with Crippen molar-refractivity contribution >= 4 is 12.1 Å². The fourth-order valence-electron chi connectivity index (χ4n) is 4.29. The van der Waals surface area contributed by atoms with Gasteiger partial charge in [-0.25, -0.2) is 14.2 Å². The number of carbonyl (C=O) groups is 1. The molecule has 1 aromatic carbocycles. The Morgan fingerprint density at radius 3 is 2.70 bits per heavy atom. The molecule has 2 N–H and O–H groups in total. The topological polar surface area (TPSA) is 86.6 Å². The number of hydrogen-bond acceptors (Lipinski definition) is 6. The number of piperidine rings is 1. The first-order chi connectivity index (χ1) is 15.7. The van der Waals surface area contributed by atoms with Crippen LogP contribution in [0.15, 0.2) is 23.2 Å². The fraction of sp³-hybridized carbons (Fsp3) is 0.619. The van der Waals surface area contributed by atoms with Crippen LogP contribution in [0.3, 0.4) is 0 Å². The van der Waals surface area contributed by atoms with Crippen LogP contribution in [0, 0.1) is 11.7 Å². The average molecular weight is 474 g/mol. The Balaban J connectivity index is 1.41. The lowest BCUT2D eigenvalue weighted by Crippen LogP contribution is -2.57. The summed E-state index contributed by atoms with van der Waals surface area (Å²) >= 11 is 0. The number of hydrogen-bond donors (Lipinski definition) is 2. The number of benzene rings is 1. The molecule has 2 aliphatic heterocycles. The first-order valence-corrected chi connectivity index (χ1v) is 10.9. The second-order valence-corrected chi connectivity index (χ2v) is 8.45. The summed E-state index contributed by atoms with van der Waals surface area (Å²) in [6.07, 6.45) is -2.60. The van der Waals surface area contributed by atoms with Crippen LogP contribution in [0.2, 0.25) is 0 Å². The van der Waals surface area contributed by atoms with E-state index in [4.69, 9.17) is 4.74 Å². The summed E-state index contributed by atoms with van der Waals surface area (Å²) < 4.78 is 60.5. The number of carbonyl (C=O) groups excluding carboxylic acids is 1. The molecule has 3 aliphatic rings. The van der Waals surface area contributed by atoms with E-state index in [1.54, 1.807) is 4.90 Å². The van der Waals surface area contributed by atoms with Gasteiger partial charge in [0.25, 0.3) is 6.02 Å². The number of aliphatic imine (C=N–C) groups is 1. The highest BCUT2D eigenvalue weighted by Gasteiger charge is 2.42. The smallest absolute Gasteiger partial charge is 0.463 e. The first kappa shape index (κ1) is 23.4. The van der Waals surface area contributed by atoms with Gasteiger partial charge in [-0.1, -0.05) is 6.07 Å². The minimum Gasteiger partial charge on any atom is -0.463 e. The molecule has 0 spiro atoms. The predicted octanol–water partition coefficient (Wildman–Crippen LogP) is 2.47. The Labute approximate surface area is 188 Å². The molecule has 1 saturated heterocycles. The average Bonchev–Trinajstić information content (AvgIpc) is 3.42. The van der Waals surface area contributed by atoms with Gasteiger partial charge in [0, 0.05) is 49.8 Å². The zero-order chi connectivity index (χ0) is 23.6. The Hall–Kier alpha value is -2.76. The number of aliphatic hydroxyl groups is 1. The Bertz CT molecular complexity index is 894. The molecule has 2 heterocycles. The summed E-state index contributed by atoms with van der Waals surface area (Å²) in [5.74, 6) is -1.62. The Morgan fingerprint density at radius 1 is 1.30 bits per heavy atom. The van der Waals surface area contributed by atoms with Gasteiger partial charge in [0.1, 0.15) is 18.2 Å². The van der Waals surface area contributed by atoms with E-state index in [-0.39, 0.29) is 42.7 Å². The summed E-state index contributed by atoms with van der Waals surface area (Å²) in [5.41, 5.74) is 0.0424. The van der Waals surface area contributed by atoms with Gasteiger partial charge in [0.05, 0.1) is 12.6 Å². The summed E-state index contributed by atoms with van der Waals surface area (Å²) in [4.78, 5) is 21.1. The van der Waals surface area contributed by atoms with Crippen molar-refractivity contribution in [3.8, 4) is 5.75 Å². The standard InChI is InChI=1S/C21H26F4N4O4/c22-18-8-17(33-21(23,24)25)4-1-14(18)9-27-19(31)29(15-2-3-15)16-7-13(12-30)10-28(11-16)20-26-5-6-32-20/h1,4,8,13,15-16,30H,2-3,5-7,9-12H2,(H,27,31)/t13-,16+/m0/s1. The minimum atomic E-state index is -4.91. The lowest BCUT2D eigenvalue weighted by Gasteiger charge is -2.42. The summed E-state index contributed by atoms with van der Waals surface area (Å²) in [6, 6.07) is 2.79. The number of alkyl halides is 3. The van der Waals surface area contributed by atoms with Gasteiger partial charge in [-0.15, -0.1) is 13.2 Å². The van der Waals surface area contributed by atoms with Crippen molar-refractivity contribution in [3.05, 3.63) is 29.6 Å². The fourth-order valence-corrected chi connectivity index (χ4v) is 4.29. The number of aliphatic hydroxyl groups excluding tert-OH is 1. The van der Waals surface area contributed by atoms with Crippen LogP contribution in [-0.4, -0.2) is 78.3 Å². The number of nitrogens with zero attached hydrogens (tertiary/aromatic N) is 3. The van der Waals surface area contributed by atoms with Crippen LogP contribution < -0.4 is 10.1 Å². The van der Waals surface area contributed by atoms with E-state index in [0.717, 1.165) is 25.0 Å². The normalized spacial score (nSPS) is 23.1. The van der Waals surface area contributed by atoms with Gasteiger partial charge in [0.2, 0.25) is 0 Å². The molecular weight excluding hydrogens is 448 g/mol. The molecule has 182 valence electrons. The van der Waals surface area contributed by atoms with E-state index in [1.807, 2.05) is 4.90 Å². The molecule has 0 aromatic heterocycles. The summed E-state index contributed by atoms with van der Waals surface area (Å²) in [5, 5.41) is 12.5. The maximum absolute atomic E-state index is 14.2. The van der Waals surface area contributed by atoms with Crippen molar-refractivity contribution in [3.63, 3.8) is 0 Å². The number of urea groups is 1. The molecule has 0 bridgehead atoms. The Morgan fingerprint density at radius 2 is 2.09 bits per heavy atom. The molecule has 2 fully saturated rings. The quantitative estimate of drug-likeness (QED) is 0.619. The van der Waals surface area contributed by atoms with E-state index in [1.165, 1.54) is 0 Å². The van der Waals surface area contributed by atoms with E-state index in [9.17, 15) is 27.5 Å². The summed E-state index contributed by atoms with van der Waals surface area (Å²) in [6.45, 7) is 1.96. The summed E-state index contributed by atoms with van der Waals surface area (Å²) in [7, 11) is 0. The highest BCUT2D eigenvalue weighted by Crippen LogP contribution is 2.33. The zero-order valence-corrected chi connectivity index (χ0v) is 17.9. The third-order valence-corrected chi connectivity index (χ3v) is 5.87. The van der Waals surface area contributed by atoms with Crippen LogP contribution in [0.4, 0.5) is 22.4 Å². The lowest BCUT2D eigenvalue weighted by molar-refractivity contribution is -0.274. The number of ether oxygens (including phenoxy) is 2. The maximum Gasteiger partial charge on any atom is 0.573 e. The molecular formula is C21H26F4N4O4. The molecule has 1 aliphatic carbocycles. The van der Waals surface area contributed by atoms with Crippen LogP contribution in [0.5, 0.6) is 5.75 Å². The minimum absolute atomic E-state index is 0.0298. The monoisotopic (exact) mass is 474 g/mol. The molecule has 1 saturated carbocycles. The molecule has 4 rings (SSSR count). The number of likely N-dealkylation sites (tertiary alicyclic amines) is 1. The molecule has 12 heteroatoms. The molecule has 8 nitrogen and oxygen atoms in total. The van der Waals surface area contributed by atoms with Crippen LogP contribution in [0.1, 0.15) is 24.8 Å². The third-order valence-electron chi connectivity index (χ3n) is 5.87. The number of halogens is 4. The highest BCUT2D eigenvalue weighted by atomic mass is 19.4. The number of amidine groups is 1. The first-order valence-electron chi connectivity index (χ1n) is 10.9. The van der Waals surface area contributed by atoms with Crippen molar-refractivity contribution in [2.24, 2.45) is 10.9 Å². The molecule has 0 unspecified atom stereocenters. The lowest BCUT2D eigenvalue weighted by atomic mass is 9.94. The maximum atomic E-state index is 14.2. The van der Waals surface area contributed by atoms with E-state index in [2.05, 4.69) is 15.0 Å². The molecule has 1 aromatic rings. The largest absolute Gasteiger partial charge is 0.573 e. The van der Waals surface area contributed by atoms with Gasteiger partial charge in [-0.2, -0.15) is 0 Å². The van der Waals surface area contributed by atoms with Crippen LogP contribution in [0.25, 0.3) is 0 Å². The molecule has 2 atom stereocenters.